The van der Waals surface area contributed by atoms with Gasteiger partial charge in [-0.05, 0) is 13.0 Å². The molecule has 0 rings (SSSR count). The number of hydrogen-bond acceptors (Lipinski definition) is 3. The summed E-state index contributed by atoms with van der Waals surface area (Å²) in [5, 5.41) is 0. The van der Waals surface area contributed by atoms with Gasteiger partial charge in [-0.25, -0.2) is 0 Å². The molecule has 0 saturated heterocycles. The molecular weight excluding hydrogens is 168 g/mol. The van der Waals surface area contributed by atoms with Gasteiger partial charge < -0.3 is 10.5 Å². The van der Waals surface area contributed by atoms with Crippen LogP contribution < -0.4 is 5.73 Å². The molecule has 0 bridgehead atoms. The number of nitrogens with zero attached hydrogens (tertiary/aromatic N) is 1. The summed E-state index contributed by atoms with van der Waals surface area (Å²) >= 11 is 0. The number of primary amides is 1. The minimum atomic E-state index is -0.250. The number of carbonyl (C=O) groups excluding carboxylic acids is 1. The fraction of sp³-hybridized carbons (Fsp3) is 0.889. The number of nitrogens with two attached hydrogens (primary N) is 1. The molecule has 4 heteroatoms. The number of carbonyl (C=O) groups is 1. The van der Waals surface area contributed by atoms with Crippen molar-refractivity contribution in [3.8, 4) is 0 Å². The van der Waals surface area contributed by atoms with E-state index >= 15 is 0 Å². The first-order valence-electron chi connectivity index (χ1n) is 4.69. The fourth-order valence-electron chi connectivity index (χ4n) is 1.38. The van der Waals surface area contributed by atoms with Gasteiger partial charge in [0.25, 0.3) is 0 Å². The van der Waals surface area contributed by atoms with Crippen molar-refractivity contribution in [2.24, 2.45) is 5.73 Å². The molecule has 0 heterocycles. The van der Waals surface area contributed by atoms with Crippen LogP contribution >= 0.6 is 0 Å². The Hall–Kier alpha value is -0.610. The number of methoxy groups -OCH3 is 1. The van der Waals surface area contributed by atoms with Crippen molar-refractivity contribution in [3.63, 3.8) is 0 Å². The number of hydrogen-bond donors (Lipinski definition) is 1. The molecule has 13 heavy (non-hydrogen) atoms. The Bertz CT molecular complexity index is 151. The molecule has 0 spiro atoms. The lowest BCUT2D eigenvalue weighted by Gasteiger charge is -2.26. The maximum atomic E-state index is 11.0. The van der Waals surface area contributed by atoms with Gasteiger partial charge in [-0.15, -0.1) is 0 Å². The van der Waals surface area contributed by atoms with Crippen molar-refractivity contribution < 1.29 is 9.53 Å². The van der Waals surface area contributed by atoms with E-state index in [-0.39, 0.29) is 11.9 Å². The predicted molar refractivity (Wildman–Crippen MR) is 52.4 cm³/mol. The van der Waals surface area contributed by atoms with Crippen molar-refractivity contribution in [2.45, 2.75) is 26.3 Å². The second-order valence-corrected chi connectivity index (χ2v) is 2.95. The van der Waals surface area contributed by atoms with Crippen LogP contribution in [0.4, 0.5) is 0 Å². The second-order valence-electron chi connectivity index (χ2n) is 2.95. The van der Waals surface area contributed by atoms with Crippen molar-refractivity contribution in [1.82, 2.24) is 4.90 Å². The number of amides is 1. The smallest absolute Gasteiger partial charge is 0.234 e. The molecule has 0 saturated carbocycles. The monoisotopic (exact) mass is 188 g/mol. The molecule has 0 aromatic rings. The van der Waals surface area contributed by atoms with E-state index < -0.39 is 0 Å². The lowest BCUT2D eigenvalue weighted by Crippen LogP contribution is -2.45. The summed E-state index contributed by atoms with van der Waals surface area (Å²) in [7, 11) is 1.65. The van der Waals surface area contributed by atoms with Crippen molar-refractivity contribution in [2.75, 3.05) is 26.8 Å². The molecule has 1 unspecified atom stereocenters. The van der Waals surface area contributed by atoms with Crippen molar-refractivity contribution in [1.29, 1.82) is 0 Å². The van der Waals surface area contributed by atoms with Crippen LogP contribution in [0.25, 0.3) is 0 Å². The first-order chi connectivity index (χ1) is 6.17. The van der Waals surface area contributed by atoms with E-state index in [2.05, 4.69) is 0 Å². The fourth-order valence-corrected chi connectivity index (χ4v) is 1.38. The molecule has 1 amide bonds. The molecule has 0 aromatic carbocycles. The minimum Gasteiger partial charge on any atom is -0.383 e. The lowest BCUT2D eigenvalue weighted by molar-refractivity contribution is -0.123. The molecule has 1 atom stereocenters. The lowest BCUT2D eigenvalue weighted by atomic mass is 10.2. The zero-order valence-electron chi connectivity index (χ0n) is 8.75. The van der Waals surface area contributed by atoms with Crippen LogP contribution in [0, 0.1) is 0 Å². The molecule has 0 fully saturated rings. The van der Waals surface area contributed by atoms with E-state index in [1.54, 1.807) is 7.11 Å². The zero-order chi connectivity index (χ0) is 10.3. The Labute approximate surface area is 80.0 Å². The van der Waals surface area contributed by atoms with Crippen LogP contribution in [-0.2, 0) is 9.53 Å². The summed E-state index contributed by atoms with van der Waals surface area (Å²) in [6, 6.07) is -0.153. The van der Waals surface area contributed by atoms with Gasteiger partial charge in [-0.1, -0.05) is 13.8 Å². The van der Waals surface area contributed by atoms with Gasteiger partial charge in [0.05, 0.1) is 12.6 Å². The summed E-state index contributed by atoms with van der Waals surface area (Å²) in [6.45, 7) is 6.20. The normalized spacial score (nSPS) is 13.2. The summed E-state index contributed by atoms with van der Waals surface area (Å²) in [4.78, 5) is 13.1. The Morgan fingerprint density at radius 2 is 2.15 bits per heavy atom. The Kier molecular flexibility index (Phi) is 6.54. The third kappa shape index (κ3) is 4.24. The molecule has 0 aromatic heterocycles. The molecule has 78 valence electrons. The van der Waals surface area contributed by atoms with Crippen LogP contribution in [0.5, 0.6) is 0 Å². The Morgan fingerprint density at radius 1 is 1.54 bits per heavy atom. The maximum absolute atomic E-state index is 11.0. The molecule has 0 aliphatic heterocycles. The predicted octanol–water partition coefficient (Wildman–Crippen LogP) is 0.219. The molecule has 2 N–H and O–H groups in total. The van der Waals surface area contributed by atoms with Crippen LogP contribution in [0.15, 0.2) is 0 Å². The topological polar surface area (TPSA) is 55.6 Å². The van der Waals surface area contributed by atoms with Gasteiger partial charge in [0, 0.05) is 13.7 Å². The first-order valence-corrected chi connectivity index (χ1v) is 4.69. The van der Waals surface area contributed by atoms with Gasteiger partial charge in [-0.2, -0.15) is 0 Å². The Balaban J connectivity index is 4.08. The summed E-state index contributed by atoms with van der Waals surface area (Å²) in [6.07, 6.45) is 0.757. The average molecular weight is 188 g/mol. The standard InChI is InChI=1S/C9H20N2O2/c1-4-8(9(10)12)11(5-2)6-7-13-3/h8H,4-7H2,1-3H3,(H2,10,12). The highest BCUT2D eigenvalue weighted by atomic mass is 16.5. The van der Waals surface area contributed by atoms with E-state index in [1.165, 1.54) is 0 Å². The quantitative estimate of drug-likeness (QED) is 0.621. The SMILES string of the molecule is CCC(C(N)=O)N(CC)CCOC. The van der Waals surface area contributed by atoms with Gasteiger partial charge in [-0.3, -0.25) is 9.69 Å². The molecule has 0 radical (unpaired) electrons. The van der Waals surface area contributed by atoms with E-state index in [0.717, 1.165) is 19.5 Å². The third-order valence-electron chi connectivity index (χ3n) is 2.14. The highest BCUT2D eigenvalue weighted by molar-refractivity contribution is 5.79. The number of likely N-dealkylation sites (N-methyl/N-ethyl adjacent to an activating group) is 1. The van der Waals surface area contributed by atoms with Gasteiger partial charge >= 0.3 is 0 Å². The van der Waals surface area contributed by atoms with E-state index in [9.17, 15) is 4.79 Å². The third-order valence-corrected chi connectivity index (χ3v) is 2.14. The largest absolute Gasteiger partial charge is 0.383 e. The van der Waals surface area contributed by atoms with Crippen molar-refractivity contribution in [3.05, 3.63) is 0 Å². The highest BCUT2D eigenvalue weighted by Crippen LogP contribution is 2.02. The Morgan fingerprint density at radius 3 is 2.46 bits per heavy atom. The van der Waals surface area contributed by atoms with Crippen LogP contribution in [0.3, 0.4) is 0 Å². The van der Waals surface area contributed by atoms with E-state index in [4.69, 9.17) is 10.5 Å². The van der Waals surface area contributed by atoms with Crippen molar-refractivity contribution >= 4 is 5.91 Å². The van der Waals surface area contributed by atoms with Crippen LogP contribution in [0.1, 0.15) is 20.3 Å². The molecule has 0 aliphatic rings. The van der Waals surface area contributed by atoms with Crippen LogP contribution in [0.2, 0.25) is 0 Å². The highest BCUT2D eigenvalue weighted by Gasteiger charge is 2.19. The molecular formula is C9H20N2O2. The first kappa shape index (κ1) is 12.4. The molecule has 0 aliphatic carbocycles. The zero-order valence-corrected chi connectivity index (χ0v) is 8.75. The summed E-state index contributed by atoms with van der Waals surface area (Å²) in [5.41, 5.74) is 5.27. The second kappa shape index (κ2) is 6.86. The molecule has 4 nitrogen and oxygen atoms in total. The van der Waals surface area contributed by atoms with E-state index in [1.807, 2.05) is 18.7 Å². The maximum Gasteiger partial charge on any atom is 0.234 e. The van der Waals surface area contributed by atoms with Gasteiger partial charge in [0.2, 0.25) is 5.91 Å². The van der Waals surface area contributed by atoms with Crippen LogP contribution in [-0.4, -0.2) is 43.7 Å². The minimum absolute atomic E-state index is 0.153. The van der Waals surface area contributed by atoms with Gasteiger partial charge in [0.15, 0.2) is 0 Å². The number of rotatable bonds is 7. The van der Waals surface area contributed by atoms with Gasteiger partial charge in [0.1, 0.15) is 0 Å². The average Bonchev–Trinajstić information content (AvgIpc) is 2.11. The summed E-state index contributed by atoms with van der Waals surface area (Å²) in [5.74, 6) is -0.250. The number of ether oxygens (including phenoxy) is 1. The summed E-state index contributed by atoms with van der Waals surface area (Å²) < 4.78 is 4.95. The van der Waals surface area contributed by atoms with E-state index in [0.29, 0.717) is 6.61 Å².